The molecule has 0 saturated heterocycles. The fourth-order valence-corrected chi connectivity index (χ4v) is 3.12. The van der Waals surface area contributed by atoms with Crippen LogP contribution in [-0.2, 0) is 6.42 Å². The van der Waals surface area contributed by atoms with Gasteiger partial charge in [-0.05, 0) is 30.2 Å². The SMILES string of the molecule is CN=C(NC)NCC1(Cc2ccccc2)CCCC1. The molecule has 0 bridgehead atoms. The molecule has 2 rings (SSSR count). The van der Waals surface area contributed by atoms with Crippen LogP contribution in [0.25, 0.3) is 0 Å². The molecule has 0 aromatic heterocycles. The predicted octanol–water partition coefficient (Wildman–Crippen LogP) is 2.58. The number of rotatable bonds is 4. The Morgan fingerprint density at radius 3 is 2.47 bits per heavy atom. The Morgan fingerprint density at radius 1 is 1.21 bits per heavy atom. The van der Waals surface area contributed by atoms with E-state index in [0.717, 1.165) is 12.5 Å². The lowest BCUT2D eigenvalue weighted by Gasteiger charge is -2.30. The van der Waals surface area contributed by atoms with Crippen LogP contribution >= 0.6 is 0 Å². The molecule has 104 valence electrons. The molecular weight excluding hydrogens is 234 g/mol. The maximum atomic E-state index is 4.20. The van der Waals surface area contributed by atoms with Gasteiger partial charge >= 0.3 is 0 Å². The molecule has 3 nitrogen and oxygen atoms in total. The zero-order chi connectivity index (χ0) is 13.6. The summed E-state index contributed by atoms with van der Waals surface area (Å²) in [7, 11) is 3.73. The second-order valence-electron chi connectivity index (χ2n) is 5.55. The van der Waals surface area contributed by atoms with Crippen LogP contribution in [0.5, 0.6) is 0 Å². The maximum Gasteiger partial charge on any atom is 0.190 e. The molecule has 0 radical (unpaired) electrons. The van der Waals surface area contributed by atoms with E-state index >= 15 is 0 Å². The largest absolute Gasteiger partial charge is 0.359 e. The zero-order valence-electron chi connectivity index (χ0n) is 12.1. The third-order valence-electron chi connectivity index (χ3n) is 4.18. The Kier molecular flexibility index (Phi) is 4.83. The van der Waals surface area contributed by atoms with Gasteiger partial charge in [-0.3, -0.25) is 4.99 Å². The molecule has 1 fully saturated rings. The van der Waals surface area contributed by atoms with Gasteiger partial charge in [-0.15, -0.1) is 0 Å². The van der Waals surface area contributed by atoms with Crippen LogP contribution in [0.4, 0.5) is 0 Å². The van der Waals surface area contributed by atoms with Crippen molar-refractivity contribution in [3.05, 3.63) is 35.9 Å². The van der Waals surface area contributed by atoms with Crippen molar-refractivity contribution >= 4 is 5.96 Å². The number of hydrogen-bond acceptors (Lipinski definition) is 1. The van der Waals surface area contributed by atoms with Crippen molar-refractivity contribution in [3.8, 4) is 0 Å². The molecule has 3 heteroatoms. The van der Waals surface area contributed by atoms with Gasteiger partial charge in [-0.1, -0.05) is 43.2 Å². The van der Waals surface area contributed by atoms with E-state index < -0.39 is 0 Å². The molecule has 0 heterocycles. The fourth-order valence-electron chi connectivity index (χ4n) is 3.12. The smallest absolute Gasteiger partial charge is 0.190 e. The van der Waals surface area contributed by atoms with Crippen LogP contribution in [0.1, 0.15) is 31.2 Å². The van der Waals surface area contributed by atoms with E-state index in [9.17, 15) is 0 Å². The first-order chi connectivity index (χ1) is 9.28. The summed E-state index contributed by atoms with van der Waals surface area (Å²) in [5, 5.41) is 6.56. The summed E-state index contributed by atoms with van der Waals surface area (Å²) in [5.74, 6) is 0.888. The average molecular weight is 259 g/mol. The van der Waals surface area contributed by atoms with Crippen molar-refractivity contribution in [3.63, 3.8) is 0 Å². The highest BCUT2D eigenvalue weighted by molar-refractivity contribution is 5.79. The minimum absolute atomic E-state index is 0.397. The number of guanidine groups is 1. The van der Waals surface area contributed by atoms with Gasteiger partial charge in [0.05, 0.1) is 0 Å². The molecule has 0 spiro atoms. The highest BCUT2D eigenvalue weighted by atomic mass is 15.2. The first kappa shape index (κ1) is 13.9. The van der Waals surface area contributed by atoms with Crippen LogP contribution in [0, 0.1) is 5.41 Å². The van der Waals surface area contributed by atoms with E-state index in [-0.39, 0.29) is 0 Å². The minimum Gasteiger partial charge on any atom is -0.359 e. The third-order valence-corrected chi connectivity index (χ3v) is 4.18. The van der Waals surface area contributed by atoms with Crippen LogP contribution in [0.2, 0.25) is 0 Å². The summed E-state index contributed by atoms with van der Waals surface area (Å²) in [5.41, 5.74) is 1.85. The molecule has 1 aliphatic rings. The van der Waals surface area contributed by atoms with Gasteiger partial charge in [0, 0.05) is 20.6 Å². The van der Waals surface area contributed by atoms with Crippen molar-refractivity contribution < 1.29 is 0 Å². The standard InChI is InChI=1S/C16H25N3/c1-17-15(18-2)19-13-16(10-6-7-11-16)12-14-8-4-3-5-9-14/h3-5,8-9H,6-7,10-13H2,1-2H3,(H2,17,18,19). The number of nitrogens with zero attached hydrogens (tertiary/aromatic N) is 1. The lowest BCUT2D eigenvalue weighted by Crippen LogP contribution is -2.42. The molecule has 19 heavy (non-hydrogen) atoms. The lowest BCUT2D eigenvalue weighted by molar-refractivity contribution is 0.293. The van der Waals surface area contributed by atoms with E-state index in [4.69, 9.17) is 0 Å². The van der Waals surface area contributed by atoms with Gasteiger partial charge in [0.1, 0.15) is 0 Å². The maximum absolute atomic E-state index is 4.20. The summed E-state index contributed by atoms with van der Waals surface area (Å²) >= 11 is 0. The van der Waals surface area contributed by atoms with Gasteiger partial charge in [0.2, 0.25) is 0 Å². The molecular formula is C16H25N3. The number of aliphatic imine (C=N–C) groups is 1. The van der Waals surface area contributed by atoms with Crippen LogP contribution < -0.4 is 10.6 Å². The molecule has 2 N–H and O–H groups in total. The Hall–Kier alpha value is -1.51. The number of benzene rings is 1. The predicted molar refractivity (Wildman–Crippen MR) is 81.5 cm³/mol. The van der Waals surface area contributed by atoms with Crippen LogP contribution in [-0.4, -0.2) is 26.6 Å². The Labute approximate surface area is 116 Å². The highest BCUT2D eigenvalue weighted by Crippen LogP contribution is 2.40. The molecule has 0 amide bonds. The molecule has 1 aromatic carbocycles. The van der Waals surface area contributed by atoms with Gasteiger partial charge in [-0.2, -0.15) is 0 Å². The first-order valence-corrected chi connectivity index (χ1v) is 7.20. The molecule has 0 atom stereocenters. The minimum atomic E-state index is 0.397. The fraction of sp³-hybridized carbons (Fsp3) is 0.562. The topological polar surface area (TPSA) is 36.4 Å². The quantitative estimate of drug-likeness (QED) is 0.644. The molecule has 1 saturated carbocycles. The zero-order valence-corrected chi connectivity index (χ0v) is 12.1. The first-order valence-electron chi connectivity index (χ1n) is 7.20. The average Bonchev–Trinajstić information content (AvgIpc) is 2.90. The Balaban J connectivity index is 2.02. The summed E-state index contributed by atoms with van der Waals surface area (Å²) in [6, 6.07) is 10.8. The Bertz CT molecular complexity index is 405. The van der Waals surface area contributed by atoms with E-state index in [1.807, 2.05) is 14.1 Å². The van der Waals surface area contributed by atoms with Gasteiger partial charge in [0.15, 0.2) is 5.96 Å². The van der Waals surface area contributed by atoms with E-state index in [1.54, 1.807) is 0 Å². The summed E-state index contributed by atoms with van der Waals surface area (Å²) in [4.78, 5) is 4.20. The van der Waals surface area contributed by atoms with E-state index in [0.29, 0.717) is 5.41 Å². The van der Waals surface area contributed by atoms with Crippen molar-refractivity contribution in [2.45, 2.75) is 32.1 Å². The summed E-state index contributed by atoms with van der Waals surface area (Å²) in [6.45, 7) is 1.01. The molecule has 0 unspecified atom stereocenters. The van der Waals surface area contributed by atoms with Gasteiger partial charge in [0.25, 0.3) is 0 Å². The second-order valence-corrected chi connectivity index (χ2v) is 5.55. The van der Waals surface area contributed by atoms with Crippen molar-refractivity contribution in [1.82, 2.24) is 10.6 Å². The van der Waals surface area contributed by atoms with Crippen LogP contribution in [0.15, 0.2) is 35.3 Å². The molecule has 1 aliphatic carbocycles. The van der Waals surface area contributed by atoms with Crippen molar-refractivity contribution in [2.75, 3.05) is 20.6 Å². The van der Waals surface area contributed by atoms with E-state index in [1.165, 1.54) is 37.7 Å². The Morgan fingerprint density at radius 2 is 1.89 bits per heavy atom. The van der Waals surface area contributed by atoms with Gasteiger partial charge < -0.3 is 10.6 Å². The van der Waals surface area contributed by atoms with Crippen LogP contribution in [0.3, 0.4) is 0 Å². The summed E-state index contributed by atoms with van der Waals surface area (Å²) in [6.07, 6.45) is 6.51. The lowest BCUT2D eigenvalue weighted by atomic mass is 9.80. The van der Waals surface area contributed by atoms with Crippen molar-refractivity contribution in [1.29, 1.82) is 0 Å². The second kappa shape index (κ2) is 6.60. The van der Waals surface area contributed by atoms with Crippen molar-refractivity contribution in [2.24, 2.45) is 10.4 Å². The summed E-state index contributed by atoms with van der Waals surface area (Å²) < 4.78 is 0. The highest BCUT2D eigenvalue weighted by Gasteiger charge is 2.33. The monoisotopic (exact) mass is 259 g/mol. The van der Waals surface area contributed by atoms with Gasteiger partial charge in [-0.25, -0.2) is 0 Å². The molecule has 0 aliphatic heterocycles. The normalized spacial score (nSPS) is 18.3. The van der Waals surface area contributed by atoms with E-state index in [2.05, 4.69) is 46.0 Å². The number of hydrogen-bond donors (Lipinski definition) is 2. The number of nitrogens with one attached hydrogen (secondary N) is 2. The molecule has 1 aromatic rings. The third kappa shape index (κ3) is 3.72.